The Morgan fingerprint density at radius 2 is 1.62 bits per heavy atom. The first-order valence-corrected chi connectivity index (χ1v) is 8.49. The van der Waals surface area contributed by atoms with Crippen molar-refractivity contribution >= 4 is 50.8 Å². The molecule has 0 unspecified atom stereocenters. The fourth-order valence-corrected chi connectivity index (χ4v) is 3.41. The Labute approximate surface area is 148 Å². The normalized spacial score (nSPS) is 11.6. The van der Waals surface area contributed by atoms with Crippen LogP contribution in [0.1, 0.15) is 21.6 Å². The number of aromatic amines is 2. The van der Waals surface area contributed by atoms with E-state index >= 15 is 0 Å². The molecular weight excluding hydrogens is 343 g/mol. The van der Waals surface area contributed by atoms with Crippen molar-refractivity contribution in [3.8, 4) is 0 Å². The van der Waals surface area contributed by atoms with E-state index in [0.29, 0.717) is 12.0 Å². The molecule has 3 nitrogen and oxygen atoms in total. The van der Waals surface area contributed by atoms with Gasteiger partial charge >= 0.3 is 0 Å². The second-order valence-electron chi connectivity index (χ2n) is 5.73. The summed E-state index contributed by atoms with van der Waals surface area (Å²) in [6, 6.07) is 15.8. The zero-order chi connectivity index (χ0) is 16.7. The van der Waals surface area contributed by atoms with E-state index in [2.05, 4.69) is 16.0 Å². The van der Waals surface area contributed by atoms with Gasteiger partial charge in [0.15, 0.2) is 10.6 Å². The van der Waals surface area contributed by atoms with Crippen molar-refractivity contribution in [3.63, 3.8) is 0 Å². The number of hydrogen-bond acceptors (Lipinski definition) is 1. The predicted octanol–water partition coefficient (Wildman–Crippen LogP) is 5.23. The molecule has 0 atom stereocenters. The molecule has 0 amide bonds. The number of rotatable bonds is 4. The Kier molecular flexibility index (Phi) is 3.83. The monoisotopic (exact) mass is 356 g/mol. The third-order valence-electron chi connectivity index (χ3n) is 4.27. The number of nitrogens with one attached hydrogen (secondary N) is 2. The topological polar surface area (TPSA) is 48.6 Å². The number of alkyl halides is 2. The van der Waals surface area contributed by atoms with E-state index in [9.17, 15) is 4.79 Å². The fraction of sp³-hybridized carbons (Fsp3) is 0.105. The van der Waals surface area contributed by atoms with Gasteiger partial charge < -0.3 is 9.97 Å². The number of carbonyl (C=O) groups excluding carboxylic acids is 1. The van der Waals surface area contributed by atoms with Gasteiger partial charge in [0, 0.05) is 45.7 Å². The second kappa shape index (κ2) is 6.00. The number of para-hydroxylation sites is 2. The molecule has 0 spiro atoms. The van der Waals surface area contributed by atoms with Crippen LogP contribution in [-0.4, -0.2) is 20.6 Å². The molecule has 2 heterocycles. The molecule has 0 saturated heterocycles. The van der Waals surface area contributed by atoms with Gasteiger partial charge in [0.05, 0.1) is 0 Å². The SMILES string of the molecule is O=C(c1c(Cc2c[nH]c3ccccc23)[nH]c2ccccc12)C(Cl)Cl. The minimum atomic E-state index is -1.08. The molecule has 24 heavy (non-hydrogen) atoms. The second-order valence-corrected chi connectivity index (χ2v) is 6.82. The maximum absolute atomic E-state index is 12.5. The molecule has 0 aliphatic rings. The van der Waals surface area contributed by atoms with Crippen LogP contribution in [-0.2, 0) is 6.42 Å². The fourth-order valence-electron chi connectivity index (χ4n) is 3.19. The van der Waals surface area contributed by atoms with Crippen LogP contribution in [0.3, 0.4) is 0 Å². The van der Waals surface area contributed by atoms with Gasteiger partial charge in [0.1, 0.15) is 0 Å². The first kappa shape index (κ1) is 15.3. The minimum absolute atomic E-state index is 0.273. The first-order chi connectivity index (χ1) is 11.6. The van der Waals surface area contributed by atoms with Crippen molar-refractivity contribution < 1.29 is 4.79 Å². The number of benzene rings is 2. The van der Waals surface area contributed by atoms with Crippen LogP contribution >= 0.6 is 23.2 Å². The van der Waals surface area contributed by atoms with E-state index in [4.69, 9.17) is 23.2 Å². The zero-order valence-corrected chi connectivity index (χ0v) is 14.2. The van der Waals surface area contributed by atoms with E-state index in [1.807, 2.05) is 48.7 Å². The van der Waals surface area contributed by atoms with Crippen LogP contribution < -0.4 is 0 Å². The molecule has 2 N–H and O–H groups in total. The number of halogens is 2. The Morgan fingerprint density at radius 3 is 2.38 bits per heavy atom. The van der Waals surface area contributed by atoms with Crippen LogP contribution in [0, 0.1) is 0 Å². The number of aromatic nitrogens is 2. The summed E-state index contributed by atoms with van der Waals surface area (Å²) in [6.07, 6.45) is 2.57. The third kappa shape index (κ3) is 2.50. The Hall–Kier alpha value is -2.23. The van der Waals surface area contributed by atoms with E-state index < -0.39 is 4.84 Å². The van der Waals surface area contributed by atoms with Crippen molar-refractivity contribution in [1.29, 1.82) is 0 Å². The lowest BCUT2D eigenvalue weighted by Gasteiger charge is -2.05. The summed E-state index contributed by atoms with van der Waals surface area (Å²) in [5.41, 5.74) is 4.50. The molecule has 2 aromatic heterocycles. The van der Waals surface area contributed by atoms with Crippen molar-refractivity contribution in [3.05, 3.63) is 71.5 Å². The first-order valence-electron chi connectivity index (χ1n) is 7.62. The molecule has 0 fully saturated rings. The summed E-state index contributed by atoms with van der Waals surface area (Å²) in [5.74, 6) is -0.273. The van der Waals surface area contributed by atoms with Crippen molar-refractivity contribution in [1.82, 2.24) is 9.97 Å². The van der Waals surface area contributed by atoms with Gasteiger partial charge in [0.2, 0.25) is 0 Å². The summed E-state index contributed by atoms with van der Waals surface area (Å²) < 4.78 is 0. The highest BCUT2D eigenvalue weighted by Gasteiger charge is 2.23. The molecule has 0 radical (unpaired) electrons. The van der Waals surface area contributed by atoms with E-state index in [1.54, 1.807) is 0 Å². The third-order valence-corrected chi connectivity index (χ3v) is 4.67. The number of fused-ring (bicyclic) bond motifs is 2. The number of Topliss-reactive ketones (excluding diaryl/α,β-unsaturated/α-hetero) is 1. The van der Waals surface area contributed by atoms with Crippen molar-refractivity contribution in [2.75, 3.05) is 0 Å². The summed E-state index contributed by atoms with van der Waals surface area (Å²) >= 11 is 11.7. The van der Waals surface area contributed by atoms with Crippen molar-refractivity contribution in [2.45, 2.75) is 11.3 Å². The van der Waals surface area contributed by atoms with E-state index in [1.165, 1.54) is 0 Å². The lowest BCUT2D eigenvalue weighted by atomic mass is 10.0. The molecule has 4 aromatic rings. The van der Waals surface area contributed by atoms with E-state index in [-0.39, 0.29) is 5.78 Å². The summed E-state index contributed by atoms with van der Waals surface area (Å²) in [5, 5.41) is 1.99. The van der Waals surface area contributed by atoms with Crippen LogP contribution in [0.5, 0.6) is 0 Å². The zero-order valence-electron chi connectivity index (χ0n) is 12.6. The van der Waals surface area contributed by atoms with Crippen LogP contribution in [0.25, 0.3) is 21.8 Å². The largest absolute Gasteiger partial charge is 0.361 e. The smallest absolute Gasteiger partial charge is 0.198 e. The minimum Gasteiger partial charge on any atom is -0.361 e. The maximum atomic E-state index is 12.5. The summed E-state index contributed by atoms with van der Waals surface area (Å²) in [4.78, 5) is 18.1. The quantitative estimate of drug-likeness (QED) is 0.381. The summed E-state index contributed by atoms with van der Waals surface area (Å²) in [7, 11) is 0. The molecule has 0 bridgehead atoms. The van der Waals surface area contributed by atoms with Gasteiger partial charge in [-0.15, -0.1) is 0 Å². The number of carbonyl (C=O) groups is 1. The molecule has 120 valence electrons. The van der Waals surface area contributed by atoms with Gasteiger partial charge in [0.25, 0.3) is 0 Å². The molecule has 0 saturated carbocycles. The molecule has 0 aliphatic carbocycles. The van der Waals surface area contributed by atoms with E-state index in [0.717, 1.165) is 33.1 Å². The van der Waals surface area contributed by atoms with Gasteiger partial charge in [-0.25, -0.2) is 0 Å². The highest BCUT2D eigenvalue weighted by molar-refractivity contribution is 6.56. The molecule has 5 heteroatoms. The number of hydrogen-bond donors (Lipinski definition) is 2. The van der Waals surface area contributed by atoms with Crippen LogP contribution in [0.15, 0.2) is 54.7 Å². The molecule has 2 aromatic carbocycles. The van der Waals surface area contributed by atoms with Gasteiger partial charge in [-0.1, -0.05) is 59.6 Å². The lowest BCUT2D eigenvalue weighted by Crippen LogP contribution is -2.10. The average molecular weight is 357 g/mol. The number of ketones is 1. The summed E-state index contributed by atoms with van der Waals surface area (Å²) in [6.45, 7) is 0. The van der Waals surface area contributed by atoms with Gasteiger partial charge in [-0.3, -0.25) is 4.79 Å². The van der Waals surface area contributed by atoms with Crippen LogP contribution in [0.2, 0.25) is 0 Å². The maximum Gasteiger partial charge on any atom is 0.198 e. The highest BCUT2D eigenvalue weighted by atomic mass is 35.5. The predicted molar refractivity (Wildman–Crippen MR) is 99.2 cm³/mol. The van der Waals surface area contributed by atoms with Crippen molar-refractivity contribution in [2.24, 2.45) is 0 Å². The highest BCUT2D eigenvalue weighted by Crippen LogP contribution is 2.29. The Morgan fingerprint density at radius 1 is 0.958 bits per heavy atom. The van der Waals surface area contributed by atoms with Gasteiger partial charge in [-0.05, 0) is 17.7 Å². The average Bonchev–Trinajstić information content (AvgIpc) is 3.16. The molecular formula is C19H14Cl2N2O. The lowest BCUT2D eigenvalue weighted by molar-refractivity contribution is 0.101. The molecule has 0 aliphatic heterocycles. The van der Waals surface area contributed by atoms with Gasteiger partial charge in [-0.2, -0.15) is 0 Å². The Balaban J connectivity index is 1.87. The number of H-pyrrole nitrogens is 2. The van der Waals surface area contributed by atoms with Crippen LogP contribution in [0.4, 0.5) is 0 Å². The standard InChI is InChI=1S/C19H14Cl2N2O/c20-19(21)18(24)17-13-6-2-4-8-15(13)23-16(17)9-11-10-22-14-7-3-1-5-12(11)14/h1-8,10,19,22-23H,9H2. The Bertz CT molecular complexity index is 1050. The molecule has 4 rings (SSSR count).